The van der Waals surface area contributed by atoms with Gasteiger partial charge in [-0.05, 0) is 81.1 Å². The van der Waals surface area contributed by atoms with Crippen LogP contribution in [0, 0.1) is 28.6 Å². The molecule has 0 radical (unpaired) electrons. The Bertz CT molecular complexity index is 635. The van der Waals surface area contributed by atoms with Gasteiger partial charge in [0.15, 0.2) is 11.6 Å². The summed E-state index contributed by atoms with van der Waals surface area (Å²) in [4.78, 5) is 24.1. The van der Waals surface area contributed by atoms with E-state index in [2.05, 4.69) is 13.8 Å². The van der Waals surface area contributed by atoms with Crippen molar-refractivity contribution in [3.05, 3.63) is 11.6 Å². The number of rotatable bonds is 1. The molecular formula is C21H30O3. The monoisotopic (exact) mass is 330 g/mol. The molecule has 3 heteroatoms. The van der Waals surface area contributed by atoms with Crippen LogP contribution in [0.4, 0.5) is 0 Å². The number of carbonyl (C=O) groups is 2. The van der Waals surface area contributed by atoms with Gasteiger partial charge in [-0.3, -0.25) is 9.59 Å². The number of aliphatic hydroxyl groups is 1. The first-order valence-corrected chi connectivity index (χ1v) is 9.70. The fourth-order valence-corrected chi connectivity index (χ4v) is 7.15. The van der Waals surface area contributed by atoms with Gasteiger partial charge in [-0.15, -0.1) is 0 Å². The second kappa shape index (κ2) is 5.03. The van der Waals surface area contributed by atoms with Crippen molar-refractivity contribution in [1.29, 1.82) is 0 Å². The lowest BCUT2D eigenvalue weighted by atomic mass is 9.46. The molecule has 3 saturated carbocycles. The fraction of sp³-hybridized carbons (Fsp3) is 0.810. The molecule has 0 bridgehead atoms. The molecular weight excluding hydrogens is 300 g/mol. The third kappa shape index (κ3) is 1.88. The number of carbonyl (C=O) groups excluding carboxylic acids is 2. The van der Waals surface area contributed by atoms with E-state index in [-0.39, 0.29) is 16.6 Å². The molecule has 0 heterocycles. The van der Waals surface area contributed by atoms with E-state index in [1.165, 1.54) is 5.57 Å². The van der Waals surface area contributed by atoms with Gasteiger partial charge in [0, 0.05) is 11.8 Å². The largest absolute Gasteiger partial charge is 0.382 e. The summed E-state index contributed by atoms with van der Waals surface area (Å²) in [6.45, 7) is 6.10. The van der Waals surface area contributed by atoms with Crippen LogP contribution in [-0.2, 0) is 9.59 Å². The van der Waals surface area contributed by atoms with E-state index in [1.807, 2.05) is 6.08 Å². The highest BCUT2D eigenvalue weighted by atomic mass is 16.3. The zero-order valence-electron chi connectivity index (χ0n) is 15.2. The summed E-state index contributed by atoms with van der Waals surface area (Å²) in [6.07, 6.45) is 9.37. The Labute approximate surface area is 144 Å². The Morgan fingerprint density at radius 3 is 2.50 bits per heavy atom. The van der Waals surface area contributed by atoms with Crippen molar-refractivity contribution in [1.82, 2.24) is 0 Å². The molecule has 3 nitrogen and oxygen atoms in total. The lowest BCUT2D eigenvalue weighted by molar-refractivity contribution is -0.160. The Hall–Kier alpha value is -0.960. The molecule has 0 spiro atoms. The maximum Gasteiger partial charge on any atom is 0.161 e. The zero-order chi connectivity index (χ0) is 17.3. The van der Waals surface area contributed by atoms with Crippen LogP contribution in [0.2, 0.25) is 0 Å². The molecule has 0 aliphatic heterocycles. The van der Waals surface area contributed by atoms with Gasteiger partial charge in [0.05, 0.1) is 0 Å². The fourth-order valence-electron chi connectivity index (χ4n) is 7.15. The number of allylic oxidation sites excluding steroid dienone is 1. The number of Topliss-reactive ketones (excluding diaryl/α,β-unsaturated/α-hetero) is 1. The number of ketones is 2. The van der Waals surface area contributed by atoms with Gasteiger partial charge in [-0.2, -0.15) is 0 Å². The summed E-state index contributed by atoms with van der Waals surface area (Å²) >= 11 is 0. The van der Waals surface area contributed by atoms with E-state index in [0.29, 0.717) is 36.4 Å². The summed E-state index contributed by atoms with van der Waals surface area (Å²) in [5.74, 6) is 1.90. The first kappa shape index (κ1) is 16.5. The molecule has 0 saturated heterocycles. The predicted octanol–water partition coefficient (Wildman–Crippen LogP) is 3.84. The summed E-state index contributed by atoms with van der Waals surface area (Å²) in [6, 6.07) is 0. The minimum Gasteiger partial charge on any atom is -0.382 e. The molecule has 0 aromatic heterocycles. The second-order valence-electron chi connectivity index (χ2n) is 9.38. The lowest BCUT2D eigenvalue weighted by Gasteiger charge is -2.58. The summed E-state index contributed by atoms with van der Waals surface area (Å²) in [7, 11) is 0. The first-order valence-electron chi connectivity index (χ1n) is 9.70. The Balaban J connectivity index is 1.70. The van der Waals surface area contributed by atoms with Crippen molar-refractivity contribution in [2.75, 3.05) is 0 Å². The van der Waals surface area contributed by atoms with Gasteiger partial charge in [0.25, 0.3) is 0 Å². The smallest absolute Gasteiger partial charge is 0.161 e. The highest BCUT2D eigenvalue weighted by molar-refractivity contribution is 5.91. The molecule has 4 aliphatic carbocycles. The first-order chi connectivity index (χ1) is 11.2. The third-order valence-electron chi connectivity index (χ3n) is 8.70. The normalized spacial score (nSPS) is 50.6. The molecule has 0 aromatic rings. The topological polar surface area (TPSA) is 54.4 Å². The van der Waals surface area contributed by atoms with Gasteiger partial charge in [-0.1, -0.05) is 19.4 Å². The highest BCUT2D eigenvalue weighted by Gasteiger charge is 2.65. The van der Waals surface area contributed by atoms with Gasteiger partial charge in [0.1, 0.15) is 5.60 Å². The van der Waals surface area contributed by atoms with Crippen molar-refractivity contribution in [3.8, 4) is 0 Å². The minimum absolute atomic E-state index is 0.0446. The maximum absolute atomic E-state index is 12.2. The van der Waals surface area contributed by atoms with Crippen molar-refractivity contribution >= 4 is 11.6 Å². The van der Waals surface area contributed by atoms with Crippen LogP contribution >= 0.6 is 0 Å². The average molecular weight is 330 g/mol. The Kier molecular flexibility index (Phi) is 3.46. The van der Waals surface area contributed by atoms with E-state index in [0.717, 1.165) is 38.5 Å². The van der Waals surface area contributed by atoms with Crippen molar-refractivity contribution in [2.45, 2.75) is 77.7 Å². The van der Waals surface area contributed by atoms with Crippen molar-refractivity contribution in [3.63, 3.8) is 0 Å². The van der Waals surface area contributed by atoms with E-state index < -0.39 is 5.60 Å². The van der Waals surface area contributed by atoms with Crippen LogP contribution in [-0.4, -0.2) is 22.3 Å². The molecule has 24 heavy (non-hydrogen) atoms. The maximum atomic E-state index is 12.2. The van der Waals surface area contributed by atoms with Gasteiger partial charge in [-0.25, -0.2) is 0 Å². The standard InChI is InChI=1S/C21H30O3/c1-13(22)21(24)11-8-18-16-5-4-14-12-15(23)6-9-19(14,2)17(16)7-10-20(18,21)3/h12,16-18,24H,4-11H2,1-3H3/t16-,17+,18-,19+,20+,21+/m1/s1. The average Bonchev–Trinajstić information content (AvgIpc) is 2.81. The molecule has 0 unspecified atom stereocenters. The zero-order valence-corrected chi connectivity index (χ0v) is 15.2. The van der Waals surface area contributed by atoms with Crippen LogP contribution in [0.25, 0.3) is 0 Å². The van der Waals surface area contributed by atoms with E-state index in [9.17, 15) is 14.7 Å². The van der Waals surface area contributed by atoms with Crippen molar-refractivity contribution in [2.24, 2.45) is 28.6 Å². The number of hydrogen-bond donors (Lipinski definition) is 1. The minimum atomic E-state index is -1.12. The van der Waals surface area contributed by atoms with Crippen LogP contribution < -0.4 is 0 Å². The molecule has 6 atom stereocenters. The lowest BCUT2D eigenvalue weighted by Crippen LogP contribution is -2.57. The highest BCUT2D eigenvalue weighted by Crippen LogP contribution is 2.67. The van der Waals surface area contributed by atoms with Gasteiger partial charge in [0.2, 0.25) is 0 Å². The van der Waals surface area contributed by atoms with Crippen LogP contribution in [0.5, 0.6) is 0 Å². The molecule has 4 aliphatic rings. The number of fused-ring (bicyclic) bond motifs is 5. The summed E-state index contributed by atoms with van der Waals surface area (Å²) < 4.78 is 0. The van der Waals surface area contributed by atoms with E-state index >= 15 is 0 Å². The second-order valence-corrected chi connectivity index (χ2v) is 9.38. The molecule has 1 N–H and O–H groups in total. The van der Waals surface area contributed by atoms with Crippen molar-refractivity contribution < 1.29 is 14.7 Å². The summed E-state index contributed by atoms with van der Waals surface area (Å²) in [5.41, 5.74) is 0.155. The van der Waals surface area contributed by atoms with E-state index in [4.69, 9.17) is 0 Å². The van der Waals surface area contributed by atoms with Crippen LogP contribution in [0.3, 0.4) is 0 Å². The SMILES string of the molecule is CC(=O)[C@@]1(O)CC[C@@H]2[C@@H]3CCC4=CC(=O)CC[C@]4(C)[C@H]3CC[C@@]21C. The van der Waals surface area contributed by atoms with Crippen LogP contribution in [0.15, 0.2) is 11.6 Å². The molecule has 0 amide bonds. The summed E-state index contributed by atoms with van der Waals surface area (Å²) in [5, 5.41) is 11.1. The Morgan fingerprint density at radius 2 is 1.79 bits per heavy atom. The molecule has 0 aromatic carbocycles. The number of hydrogen-bond acceptors (Lipinski definition) is 3. The van der Waals surface area contributed by atoms with Gasteiger partial charge < -0.3 is 5.11 Å². The predicted molar refractivity (Wildman–Crippen MR) is 92.3 cm³/mol. The van der Waals surface area contributed by atoms with Gasteiger partial charge >= 0.3 is 0 Å². The molecule has 3 fully saturated rings. The quantitative estimate of drug-likeness (QED) is 0.795. The Morgan fingerprint density at radius 1 is 1.08 bits per heavy atom. The molecule has 132 valence electrons. The molecule has 4 rings (SSSR count). The third-order valence-corrected chi connectivity index (χ3v) is 8.70. The van der Waals surface area contributed by atoms with E-state index in [1.54, 1.807) is 6.92 Å². The van der Waals surface area contributed by atoms with Crippen LogP contribution in [0.1, 0.15) is 72.1 Å².